The van der Waals surface area contributed by atoms with Crippen LogP contribution in [0.3, 0.4) is 0 Å². The van der Waals surface area contributed by atoms with Gasteiger partial charge in [-0.05, 0) is 66.9 Å². The predicted molar refractivity (Wildman–Crippen MR) is 202 cm³/mol. The van der Waals surface area contributed by atoms with Crippen molar-refractivity contribution >= 4 is 51.0 Å². The van der Waals surface area contributed by atoms with Crippen molar-refractivity contribution in [2.45, 2.75) is 30.8 Å². The smallest absolute Gasteiger partial charge is 0.326 e. The lowest BCUT2D eigenvalue weighted by Crippen LogP contribution is -2.56. The normalized spacial score (nSPS) is 19.8. The molecule has 0 spiro atoms. The number of rotatable bonds is 10. The van der Waals surface area contributed by atoms with Gasteiger partial charge in [-0.15, -0.1) is 0 Å². The first kappa shape index (κ1) is 38.9. The van der Waals surface area contributed by atoms with Crippen molar-refractivity contribution in [3.8, 4) is 5.75 Å². The van der Waals surface area contributed by atoms with Crippen LogP contribution in [0.5, 0.6) is 5.75 Å². The molecule has 13 nitrogen and oxygen atoms in total. The fraction of sp³-hybridized carbons (Fsp3) is 0.432. The Labute approximate surface area is 320 Å². The monoisotopic (exact) mass is 786 g/mol. The molecule has 3 aliphatic heterocycles. The molecular formula is C37H44Cl2N6O7S. The summed E-state index contributed by atoms with van der Waals surface area (Å²) in [5.74, 6) is 0.668. The Bertz CT molecular complexity index is 1930. The first-order chi connectivity index (χ1) is 25.4. The third-order valence-electron chi connectivity index (χ3n) is 9.75. The maximum Gasteiger partial charge on any atom is 0.326 e. The van der Waals surface area contributed by atoms with E-state index in [0.29, 0.717) is 79.4 Å². The summed E-state index contributed by atoms with van der Waals surface area (Å²) in [5.41, 5.74) is 2.33. The molecule has 0 unspecified atom stereocenters. The number of hydrogen-bond donors (Lipinski definition) is 0. The number of urea groups is 1. The molecule has 0 radical (unpaired) electrons. The highest BCUT2D eigenvalue weighted by molar-refractivity contribution is 7.89. The zero-order chi connectivity index (χ0) is 37.9. The van der Waals surface area contributed by atoms with Gasteiger partial charge in [0.1, 0.15) is 17.6 Å². The summed E-state index contributed by atoms with van der Waals surface area (Å²) in [6.45, 7) is 7.98. The van der Waals surface area contributed by atoms with Gasteiger partial charge in [0.25, 0.3) is 10.0 Å². The molecule has 3 heterocycles. The number of aliphatic imine (C=N–C) groups is 1. The third kappa shape index (κ3) is 8.34. The second-order valence-corrected chi connectivity index (χ2v) is 15.8. The van der Waals surface area contributed by atoms with Crippen molar-refractivity contribution in [2.24, 2.45) is 4.99 Å². The Morgan fingerprint density at radius 3 is 2.09 bits per heavy atom. The van der Waals surface area contributed by atoms with Gasteiger partial charge < -0.3 is 19.3 Å². The summed E-state index contributed by atoms with van der Waals surface area (Å²) in [6.07, 6.45) is 0. The zero-order valence-corrected chi connectivity index (χ0v) is 32.5. The van der Waals surface area contributed by atoms with E-state index in [4.69, 9.17) is 42.5 Å². The van der Waals surface area contributed by atoms with Crippen molar-refractivity contribution in [2.75, 3.05) is 79.8 Å². The Kier molecular flexibility index (Phi) is 12.3. The van der Waals surface area contributed by atoms with Gasteiger partial charge in [-0.1, -0.05) is 51.9 Å². The van der Waals surface area contributed by atoms with E-state index in [-0.39, 0.29) is 35.8 Å². The van der Waals surface area contributed by atoms with E-state index in [1.54, 1.807) is 47.1 Å². The van der Waals surface area contributed by atoms with Crippen molar-refractivity contribution in [3.05, 3.63) is 93.0 Å². The highest BCUT2D eigenvalue weighted by Crippen LogP contribution is 2.46. The Morgan fingerprint density at radius 2 is 1.51 bits per heavy atom. The molecule has 0 aliphatic carbocycles. The van der Waals surface area contributed by atoms with Crippen LogP contribution >= 0.6 is 23.2 Å². The fourth-order valence-electron chi connectivity index (χ4n) is 6.83. The third-order valence-corrected chi connectivity index (χ3v) is 12.1. The van der Waals surface area contributed by atoms with Crippen LogP contribution in [0.1, 0.15) is 41.3 Å². The van der Waals surface area contributed by atoms with E-state index in [1.807, 2.05) is 36.1 Å². The average Bonchev–Trinajstić information content (AvgIpc) is 3.55. The molecule has 0 saturated carbocycles. The molecule has 284 valence electrons. The Hall–Kier alpha value is -3.76. The first-order valence-electron chi connectivity index (χ1n) is 17.5. The number of hydroxylamine groups is 1. The minimum Gasteiger partial charge on any atom is -0.493 e. The van der Waals surface area contributed by atoms with E-state index < -0.39 is 22.1 Å². The van der Waals surface area contributed by atoms with Gasteiger partial charge in [-0.3, -0.25) is 24.4 Å². The molecule has 16 heteroatoms. The van der Waals surface area contributed by atoms with Gasteiger partial charge in [0.2, 0.25) is 5.91 Å². The molecule has 2 fully saturated rings. The molecule has 0 aromatic heterocycles. The summed E-state index contributed by atoms with van der Waals surface area (Å²) < 4.78 is 39.7. The van der Waals surface area contributed by atoms with Crippen LogP contribution in [0.2, 0.25) is 10.0 Å². The quantitative estimate of drug-likeness (QED) is 0.263. The fourth-order valence-corrected chi connectivity index (χ4v) is 8.29. The molecule has 53 heavy (non-hydrogen) atoms. The second-order valence-electron chi connectivity index (χ2n) is 13.0. The minimum absolute atomic E-state index is 0.0214. The van der Waals surface area contributed by atoms with E-state index in [0.717, 1.165) is 15.6 Å². The molecule has 3 aromatic rings. The predicted octanol–water partition coefficient (Wildman–Crippen LogP) is 5.02. The molecule has 3 aliphatic rings. The molecule has 3 amide bonds. The SMILES string of the molecule is CCOc1cc(C)c(S(=O)(=O)N(C)OC)cc1C1=N[C@@H](c2ccc(Cl)cc2)[C@@H](c2ccc(Cl)cc2)N1C(=O)N1CCN(CC(=O)N2CCOCC2)CC1. The number of morpholine rings is 1. The number of carbonyl (C=O) groups is 2. The number of nitrogens with zero attached hydrogens (tertiary/aromatic N) is 6. The second kappa shape index (κ2) is 16.7. The van der Waals surface area contributed by atoms with Crippen LogP contribution in [0.15, 0.2) is 70.6 Å². The number of piperazine rings is 1. The van der Waals surface area contributed by atoms with Crippen LogP contribution < -0.4 is 4.74 Å². The van der Waals surface area contributed by atoms with E-state index in [9.17, 15) is 13.2 Å². The Balaban J connectivity index is 1.43. The van der Waals surface area contributed by atoms with Crippen molar-refractivity contribution in [1.82, 2.24) is 24.1 Å². The van der Waals surface area contributed by atoms with Crippen LogP contribution in [0.4, 0.5) is 4.79 Å². The van der Waals surface area contributed by atoms with Crippen LogP contribution in [-0.2, 0) is 24.4 Å². The number of hydrogen-bond acceptors (Lipinski definition) is 9. The number of carbonyl (C=O) groups excluding carboxylic acids is 2. The number of ether oxygens (including phenoxy) is 2. The summed E-state index contributed by atoms with van der Waals surface area (Å²) in [7, 11) is -1.53. The lowest BCUT2D eigenvalue weighted by atomic mass is 9.93. The maximum atomic E-state index is 15.0. The summed E-state index contributed by atoms with van der Waals surface area (Å²) in [4.78, 5) is 45.6. The summed E-state index contributed by atoms with van der Waals surface area (Å²) >= 11 is 12.7. The van der Waals surface area contributed by atoms with Crippen molar-refractivity contribution < 1.29 is 32.3 Å². The topological polar surface area (TPSA) is 125 Å². The van der Waals surface area contributed by atoms with Crippen molar-refractivity contribution in [1.29, 1.82) is 0 Å². The van der Waals surface area contributed by atoms with E-state index in [2.05, 4.69) is 4.90 Å². The summed E-state index contributed by atoms with van der Waals surface area (Å²) in [5, 5.41) is 1.08. The van der Waals surface area contributed by atoms with Gasteiger partial charge in [-0.25, -0.2) is 13.2 Å². The number of amides is 3. The largest absolute Gasteiger partial charge is 0.493 e. The van der Waals surface area contributed by atoms with Crippen LogP contribution in [0.25, 0.3) is 0 Å². The maximum absolute atomic E-state index is 15.0. The van der Waals surface area contributed by atoms with Gasteiger partial charge in [0.15, 0.2) is 0 Å². The highest BCUT2D eigenvalue weighted by atomic mass is 35.5. The first-order valence-corrected chi connectivity index (χ1v) is 19.7. The number of aryl methyl sites for hydroxylation is 1. The van der Waals surface area contributed by atoms with Gasteiger partial charge >= 0.3 is 6.03 Å². The molecule has 0 N–H and O–H groups in total. The van der Waals surface area contributed by atoms with Crippen molar-refractivity contribution in [3.63, 3.8) is 0 Å². The lowest BCUT2D eigenvalue weighted by Gasteiger charge is -2.39. The minimum atomic E-state index is -4.11. The van der Waals surface area contributed by atoms with Gasteiger partial charge in [0.05, 0.1) is 50.0 Å². The standard InChI is InChI=1S/C37H44Cl2N6O7S/c1-5-52-31-22-25(2)32(53(48,49)41(3)50-4)23-30(31)36-40-34(26-6-10-28(38)11-7-26)35(27-8-12-29(39)13-9-27)45(36)37(47)44-16-14-42(15-17-44)24-33(46)43-18-20-51-21-19-43/h6-13,22-23,34-35H,5,14-21,24H2,1-4H3/t34-,35+/m0/s1. The summed E-state index contributed by atoms with van der Waals surface area (Å²) in [6, 6.07) is 16.1. The van der Waals surface area contributed by atoms with Crippen LogP contribution in [0, 0.1) is 6.92 Å². The number of halogens is 2. The molecule has 0 bridgehead atoms. The molecule has 3 aromatic carbocycles. The van der Waals surface area contributed by atoms with Gasteiger partial charge in [0, 0.05) is 56.4 Å². The highest BCUT2D eigenvalue weighted by Gasteiger charge is 2.45. The lowest BCUT2D eigenvalue weighted by molar-refractivity contribution is -0.136. The molecule has 2 atom stereocenters. The molecule has 6 rings (SSSR count). The molecule has 2 saturated heterocycles. The van der Waals surface area contributed by atoms with Gasteiger partial charge in [-0.2, -0.15) is 0 Å². The molecular weight excluding hydrogens is 743 g/mol. The number of amidine groups is 1. The number of sulfonamides is 1. The van der Waals surface area contributed by atoms with E-state index >= 15 is 4.79 Å². The zero-order valence-electron chi connectivity index (χ0n) is 30.2. The Morgan fingerprint density at radius 1 is 0.906 bits per heavy atom. The average molecular weight is 788 g/mol. The number of benzene rings is 3. The van der Waals surface area contributed by atoms with Crippen LogP contribution in [-0.4, -0.2) is 130 Å². The van der Waals surface area contributed by atoms with E-state index in [1.165, 1.54) is 20.2 Å².